The van der Waals surface area contributed by atoms with Crippen molar-refractivity contribution < 1.29 is 0 Å². The van der Waals surface area contributed by atoms with Gasteiger partial charge >= 0.3 is 0 Å². The normalized spacial score (nSPS) is 15.2. The monoisotopic (exact) mass is 338 g/mol. The first kappa shape index (κ1) is 17.6. The maximum Gasteiger partial charge on any atom is 0.0499 e. The second-order valence-electron chi connectivity index (χ2n) is 6.12. The molecule has 1 aliphatic rings. The smallest absolute Gasteiger partial charge is 0.0499 e. The lowest BCUT2D eigenvalue weighted by atomic mass is 9.92. The molecule has 0 fully saturated rings. The van der Waals surface area contributed by atoms with Gasteiger partial charge in [0.25, 0.3) is 0 Å². The van der Waals surface area contributed by atoms with Gasteiger partial charge in [0.1, 0.15) is 0 Å². The summed E-state index contributed by atoms with van der Waals surface area (Å²) in [4.78, 5) is 4.58. The van der Waals surface area contributed by atoms with E-state index in [-0.39, 0.29) is 0 Å². The number of hydrogen-bond donors (Lipinski definition) is 0. The van der Waals surface area contributed by atoms with Crippen molar-refractivity contribution >= 4 is 28.8 Å². The number of likely N-dealkylation sites (N-methyl/N-ethyl adjacent to an activating group) is 2. The molecule has 2 rings (SSSR count). The first-order valence-electron chi connectivity index (χ1n) is 7.64. The zero-order chi connectivity index (χ0) is 16.1. The number of allylic oxidation sites excluding steroid dienone is 3. The highest BCUT2D eigenvalue weighted by Gasteiger charge is 2.15. The molecule has 2 nitrogen and oxygen atoms in total. The molecular weight excluding hydrogens is 315 g/mol. The third-order valence-electron chi connectivity index (χ3n) is 3.89. The summed E-state index contributed by atoms with van der Waals surface area (Å²) in [5.74, 6) is 0. The second-order valence-corrected chi connectivity index (χ2v) is 6.97. The fraction of sp³-hybridized carbons (Fsp3) is 0.444. The Morgan fingerprint density at radius 2 is 1.86 bits per heavy atom. The molecule has 0 saturated carbocycles. The average Bonchev–Trinajstić information content (AvgIpc) is 2.46. The summed E-state index contributed by atoms with van der Waals surface area (Å²) in [6.07, 6.45) is 6.62. The van der Waals surface area contributed by atoms with Gasteiger partial charge in [0.2, 0.25) is 0 Å². The highest BCUT2D eigenvalue weighted by molar-refractivity contribution is 6.35. The van der Waals surface area contributed by atoms with Crippen LogP contribution in [0.3, 0.4) is 0 Å². The zero-order valence-corrected chi connectivity index (χ0v) is 15.1. The molecule has 0 unspecified atom stereocenters. The van der Waals surface area contributed by atoms with Crippen LogP contribution in [-0.4, -0.2) is 50.6 Å². The Labute approximate surface area is 144 Å². The van der Waals surface area contributed by atoms with Crippen molar-refractivity contribution in [2.24, 2.45) is 0 Å². The van der Waals surface area contributed by atoms with Crippen LogP contribution < -0.4 is 0 Å². The van der Waals surface area contributed by atoms with Gasteiger partial charge < -0.3 is 9.80 Å². The Morgan fingerprint density at radius 3 is 2.55 bits per heavy atom. The summed E-state index contributed by atoms with van der Waals surface area (Å²) in [6, 6.07) is 5.75. The van der Waals surface area contributed by atoms with Crippen LogP contribution in [0.4, 0.5) is 0 Å². The van der Waals surface area contributed by atoms with Crippen LogP contribution in [0, 0.1) is 0 Å². The lowest BCUT2D eigenvalue weighted by molar-refractivity contribution is 0.296. The summed E-state index contributed by atoms with van der Waals surface area (Å²) in [7, 11) is 6.39. The van der Waals surface area contributed by atoms with Crippen molar-refractivity contribution in [3.8, 4) is 0 Å². The molecule has 1 aromatic carbocycles. The Bertz CT molecular complexity index is 576. The molecule has 120 valence electrons. The third-order valence-corrected chi connectivity index (χ3v) is 4.44. The van der Waals surface area contributed by atoms with E-state index in [2.05, 4.69) is 43.1 Å². The van der Waals surface area contributed by atoms with Gasteiger partial charge in [0.15, 0.2) is 0 Å². The molecular formula is C18H24Cl2N2. The van der Waals surface area contributed by atoms with E-state index in [1.165, 1.54) is 11.1 Å². The van der Waals surface area contributed by atoms with Gasteiger partial charge in [-0.1, -0.05) is 41.4 Å². The summed E-state index contributed by atoms with van der Waals surface area (Å²) >= 11 is 12.4. The van der Waals surface area contributed by atoms with Crippen molar-refractivity contribution in [1.82, 2.24) is 9.80 Å². The molecule has 0 atom stereocenters. The van der Waals surface area contributed by atoms with E-state index in [0.29, 0.717) is 5.02 Å². The minimum Gasteiger partial charge on any atom is -0.308 e. The Morgan fingerprint density at radius 1 is 1.09 bits per heavy atom. The minimum atomic E-state index is 0.679. The maximum atomic E-state index is 6.39. The average molecular weight is 339 g/mol. The molecule has 4 heteroatoms. The number of halogens is 2. The van der Waals surface area contributed by atoms with E-state index in [9.17, 15) is 0 Å². The number of benzene rings is 1. The number of hydrogen-bond acceptors (Lipinski definition) is 2. The summed E-state index contributed by atoms with van der Waals surface area (Å²) in [6.45, 7) is 3.10. The molecule has 0 bridgehead atoms. The SMILES string of the molecule is CN(C)CCN(C)CC1=C(c2ccc(Cl)cc2Cl)C=CCC1. The molecule has 0 saturated heterocycles. The van der Waals surface area contributed by atoms with Crippen molar-refractivity contribution in [3.63, 3.8) is 0 Å². The predicted molar refractivity (Wildman–Crippen MR) is 97.8 cm³/mol. The Kier molecular flexibility index (Phi) is 6.51. The van der Waals surface area contributed by atoms with E-state index in [1.54, 1.807) is 0 Å². The van der Waals surface area contributed by atoms with Gasteiger partial charge in [0, 0.05) is 35.2 Å². The Balaban J connectivity index is 2.21. The molecule has 0 amide bonds. The van der Waals surface area contributed by atoms with E-state index < -0.39 is 0 Å². The standard InChI is InChI=1S/C18H24Cl2N2/c1-21(2)10-11-22(3)13-14-6-4-5-7-16(14)17-9-8-15(19)12-18(17)20/h5,7-9,12H,4,6,10-11,13H2,1-3H3. The zero-order valence-electron chi connectivity index (χ0n) is 13.6. The van der Waals surface area contributed by atoms with E-state index in [4.69, 9.17) is 23.2 Å². The largest absolute Gasteiger partial charge is 0.308 e. The predicted octanol–water partition coefficient (Wildman–Crippen LogP) is 4.59. The van der Waals surface area contributed by atoms with Crippen LogP contribution in [0.1, 0.15) is 18.4 Å². The quantitative estimate of drug-likeness (QED) is 0.748. The van der Waals surface area contributed by atoms with Crippen LogP contribution in [0.25, 0.3) is 5.57 Å². The van der Waals surface area contributed by atoms with Crippen molar-refractivity contribution in [2.45, 2.75) is 12.8 Å². The molecule has 22 heavy (non-hydrogen) atoms. The molecule has 1 aromatic rings. The highest BCUT2D eigenvalue weighted by Crippen LogP contribution is 2.33. The first-order chi connectivity index (χ1) is 10.5. The van der Waals surface area contributed by atoms with Crippen molar-refractivity contribution in [2.75, 3.05) is 40.8 Å². The van der Waals surface area contributed by atoms with Crippen LogP contribution in [0.2, 0.25) is 10.0 Å². The Hall–Kier alpha value is -0.800. The van der Waals surface area contributed by atoms with Gasteiger partial charge in [0.05, 0.1) is 0 Å². The summed E-state index contributed by atoms with van der Waals surface area (Å²) < 4.78 is 0. The molecule has 0 aromatic heterocycles. The van der Waals surface area contributed by atoms with Crippen LogP contribution >= 0.6 is 23.2 Å². The molecule has 0 spiro atoms. The maximum absolute atomic E-state index is 6.39. The minimum absolute atomic E-state index is 0.679. The van der Waals surface area contributed by atoms with Crippen LogP contribution in [0.15, 0.2) is 35.9 Å². The van der Waals surface area contributed by atoms with Crippen molar-refractivity contribution in [1.29, 1.82) is 0 Å². The van der Waals surface area contributed by atoms with Gasteiger partial charge in [-0.25, -0.2) is 0 Å². The fourth-order valence-electron chi connectivity index (χ4n) is 2.64. The van der Waals surface area contributed by atoms with E-state index in [0.717, 1.165) is 43.1 Å². The van der Waals surface area contributed by atoms with Gasteiger partial charge in [-0.3, -0.25) is 0 Å². The molecule has 0 N–H and O–H groups in total. The molecule has 1 aliphatic carbocycles. The topological polar surface area (TPSA) is 6.48 Å². The van der Waals surface area contributed by atoms with E-state index in [1.807, 2.05) is 18.2 Å². The van der Waals surface area contributed by atoms with Crippen molar-refractivity contribution in [3.05, 3.63) is 51.5 Å². The first-order valence-corrected chi connectivity index (χ1v) is 8.40. The van der Waals surface area contributed by atoms with E-state index >= 15 is 0 Å². The lowest BCUT2D eigenvalue weighted by Gasteiger charge is -2.24. The summed E-state index contributed by atoms with van der Waals surface area (Å²) in [5.41, 5.74) is 3.79. The highest BCUT2D eigenvalue weighted by atomic mass is 35.5. The third kappa shape index (κ3) is 4.85. The van der Waals surface area contributed by atoms with Gasteiger partial charge in [-0.15, -0.1) is 0 Å². The van der Waals surface area contributed by atoms with Crippen LogP contribution in [-0.2, 0) is 0 Å². The number of rotatable bonds is 6. The molecule has 0 heterocycles. The van der Waals surface area contributed by atoms with Gasteiger partial charge in [-0.2, -0.15) is 0 Å². The second kappa shape index (κ2) is 8.16. The number of nitrogens with zero attached hydrogens (tertiary/aromatic N) is 2. The molecule has 0 aliphatic heterocycles. The summed E-state index contributed by atoms with van der Waals surface area (Å²) in [5, 5.41) is 1.40. The van der Waals surface area contributed by atoms with Crippen LogP contribution in [0.5, 0.6) is 0 Å². The molecule has 0 radical (unpaired) electrons. The van der Waals surface area contributed by atoms with Gasteiger partial charge in [-0.05, 0) is 57.3 Å². The lowest BCUT2D eigenvalue weighted by Crippen LogP contribution is -2.30. The fourth-order valence-corrected chi connectivity index (χ4v) is 3.15.